The van der Waals surface area contributed by atoms with Crippen LogP contribution in [-0.4, -0.2) is 6.21 Å². The number of aliphatic imine (C=N–C) groups is 1. The second kappa shape index (κ2) is 2.31. The van der Waals surface area contributed by atoms with Crippen LogP contribution in [0.25, 0.3) is 6.08 Å². The molecule has 0 amide bonds. The predicted molar refractivity (Wildman–Crippen MR) is 43.3 cm³/mol. The summed E-state index contributed by atoms with van der Waals surface area (Å²) in [6, 6.07) is 4.58. The van der Waals surface area contributed by atoms with Crippen LogP contribution in [0.2, 0.25) is 0 Å². The highest BCUT2D eigenvalue weighted by Gasteiger charge is 2.11. The topological polar surface area (TPSA) is 14.1 Å². The first kappa shape index (κ1) is 6.28. The number of allylic oxidation sites excluding steroid dienone is 1. The fourth-order valence-corrected chi connectivity index (χ4v) is 1.04. The normalized spacial score (nSPS) is 13.2. The summed E-state index contributed by atoms with van der Waals surface area (Å²) >= 11 is 0. The Hall–Kier alpha value is -1.44. The summed E-state index contributed by atoms with van der Waals surface area (Å²) in [5, 5.41) is 0. The van der Waals surface area contributed by atoms with E-state index in [-0.39, 0.29) is 5.82 Å². The molecule has 0 aliphatic carbocycles. The summed E-state index contributed by atoms with van der Waals surface area (Å²) in [5.74, 6) is -0.240. The number of hydrogen-bond donors (Lipinski definition) is 0. The zero-order valence-electron chi connectivity index (χ0n) is 5.79. The molecule has 0 unspecified atom stereocenters. The Balaban J connectivity index is 2.63. The van der Waals surface area contributed by atoms with Crippen LogP contribution < -0.4 is 4.99 Å². The van der Waals surface area contributed by atoms with Gasteiger partial charge in [-0.05, 0) is 18.2 Å². The van der Waals surface area contributed by atoms with Gasteiger partial charge in [0, 0.05) is 6.08 Å². The summed E-state index contributed by atoms with van der Waals surface area (Å²) in [5.41, 5.74) is 1.67. The summed E-state index contributed by atoms with van der Waals surface area (Å²) < 4.78 is 12.6. The lowest BCUT2D eigenvalue weighted by molar-refractivity contribution is 0.628. The summed E-state index contributed by atoms with van der Waals surface area (Å²) in [7, 11) is 0. The molecule has 1 aromatic carbocycles. The number of benzene rings is 1. The van der Waals surface area contributed by atoms with Gasteiger partial charge in [-0.3, -0.25) is 0 Å². The van der Waals surface area contributed by atoms with Crippen molar-refractivity contribution in [2.45, 2.75) is 0 Å². The van der Waals surface area contributed by atoms with Gasteiger partial charge in [0.15, 0.2) is 0 Å². The minimum absolute atomic E-state index is 0.240. The lowest BCUT2D eigenvalue weighted by Crippen LogP contribution is -1.92. The molecule has 2 heteroatoms. The van der Waals surface area contributed by atoms with Crippen LogP contribution in [0.3, 0.4) is 0 Å². The van der Waals surface area contributed by atoms with Crippen LogP contribution in [0.4, 0.5) is 10.1 Å². The predicted octanol–water partition coefficient (Wildman–Crippen LogP) is 1.89. The lowest BCUT2D eigenvalue weighted by Gasteiger charge is -1.92. The Morgan fingerprint density at radius 2 is 2.18 bits per heavy atom. The van der Waals surface area contributed by atoms with Crippen LogP contribution in [0.5, 0.6) is 0 Å². The Morgan fingerprint density at radius 3 is 3.09 bits per heavy atom. The van der Waals surface area contributed by atoms with E-state index in [0.29, 0.717) is 5.69 Å². The van der Waals surface area contributed by atoms with Crippen molar-refractivity contribution in [1.29, 1.82) is 0 Å². The second-order valence-electron chi connectivity index (χ2n) is 2.34. The highest BCUT2D eigenvalue weighted by Crippen LogP contribution is 2.18. The van der Waals surface area contributed by atoms with Crippen LogP contribution in [0.15, 0.2) is 24.3 Å². The van der Waals surface area contributed by atoms with Gasteiger partial charge in [-0.25, -0.2) is 4.39 Å². The third-order valence-electron chi connectivity index (χ3n) is 1.57. The minimum atomic E-state index is -0.240. The third kappa shape index (κ3) is 1.07. The van der Waals surface area contributed by atoms with Crippen molar-refractivity contribution in [3.8, 4) is 0 Å². The molecule has 0 spiro atoms. The zero-order valence-corrected chi connectivity index (χ0v) is 5.79. The maximum absolute atomic E-state index is 12.6. The van der Waals surface area contributed by atoms with Crippen molar-refractivity contribution in [3.63, 3.8) is 0 Å². The molecule has 0 aromatic heterocycles. The molecule has 0 saturated heterocycles. The Morgan fingerprint density at radius 1 is 1.27 bits per heavy atom. The van der Waals surface area contributed by atoms with Gasteiger partial charge in [0.25, 0.3) is 5.69 Å². The van der Waals surface area contributed by atoms with Crippen molar-refractivity contribution in [3.05, 3.63) is 35.7 Å². The second-order valence-corrected chi connectivity index (χ2v) is 2.34. The summed E-state index contributed by atoms with van der Waals surface area (Å²) in [6.07, 6.45) is 5.39. The van der Waals surface area contributed by atoms with Gasteiger partial charge in [-0.15, -0.1) is 0 Å². The molecule has 0 bridgehead atoms. The van der Waals surface area contributed by atoms with E-state index >= 15 is 0 Å². The molecule has 0 fully saturated rings. The number of halogens is 1. The first-order chi connectivity index (χ1) is 5.36. The SMILES string of the molecule is Fc1ccc2c(c1)[N+]=CC=C2. The van der Waals surface area contributed by atoms with Gasteiger partial charge in [0.05, 0.1) is 16.6 Å². The number of rotatable bonds is 0. The fraction of sp³-hybridized carbons (Fsp3) is 0. The van der Waals surface area contributed by atoms with Gasteiger partial charge in [0.2, 0.25) is 6.21 Å². The van der Waals surface area contributed by atoms with E-state index in [2.05, 4.69) is 4.99 Å². The standard InChI is InChI=1S/C9H6FN/c10-8-4-3-7-2-1-5-11-9(7)6-8/h1-6H/q+1. The summed E-state index contributed by atoms with van der Waals surface area (Å²) in [4.78, 5) is 4.00. The van der Waals surface area contributed by atoms with Crippen LogP contribution in [-0.2, 0) is 0 Å². The monoisotopic (exact) mass is 147 g/mol. The smallest absolute Gasteiger partial charge is 0.207 e. The average molecular weight is 147 g/mol. The van der Waals surface area contributed by atoms with Crippen LogP contribution in [0.1, 0.15) is 5.56 Å². The highest BCUT2D eigenvalue weighted by molar-refractivity contribution is 5.85. The van der Waals surface area contributed by atoms with Crippen LogP contribution in [0, 0.1) is 5.82 Å². The van der Waals surface area contributed by atoms with E-state index in [9.17, 15) is 4.39 Å². The maximum atomic E-state index is 12.6. The van der Waals surface area contributed by atoms with Crippen molar-refractivity contribution < 1.29 is 4.39 Å². The molecular formula is C9H6FN+. The molecule has 1 radical (unpaired) electrons. The average Bonchev–Trinajstić information content (AvgIpc) is 2.04. The quantitative estimate of drug-likeness (QED) is 0.532. The fourth-order valence-electron chi connectivity index (χ4n) is 1.04. The summed E-state index contributed by atoms with van der Waals surface area (Å²) in [6.45, 7) is 0. The molecule has 1 aromatic rings. The molecule has 2 rings (SSSR count). The number of hydrogen-bond acceptors (Lipinski definition) is 1. The molecule has 1 heterocycles. The Labute approximate surface area is 63.9 Å². The third-order valence-corrected chi connectivity index (χ3v) is 1.57. The molecule has 53 valence electrons. The first-order valence-corrected chi connectivity index (χ1v) is 3.36. The van der Waals surface area contributed by atoms with Crippen molar-refractivity contribution >= 4 is 18.0 Å². The molecular weight excluding hydrogens is 141 g/mol. The van der Waals surface area contributed by atoms with E-state index in [4.69, 9.17) is 0 Å². The van der Waals surface area contributed by atoms with Gasteiger partial charge in [-0.1, -0.05) is 0 Å². The van der Waals surface area contributed by atoms with E-state index in [1.54, 1.807) is 12.3 Å². The first-order valence-electron chi connectivity index (χ1n) is 3.36. The van der Waals surface area contributed by atoms with Crippen LogP contribution >= 0.6 is 0 Å². The van der Waals surface area contributed by atoms with Gasteiger partial charge >= 0.3 is 0 Å². The number of nitrogens with zero attached hydrogens (tertiary/aromatic N) is 1. The molecule has 1 nitrogen and oxygen atoms in total. The number of fused-ring (bicyclic) bond motifs is 1. The molecule has 1 aliphatic heterocycles. The van der Waals surface area contributed by atoms with Gasteiger partial charge < -0.3 is 0 Å². The largest absolute Gasteiger partial charge is 0.287 e. The zero-order chi connectivity index (χ0) is 7.68. The van der Waals surface area contributed by atoms with E-state index < -0.39 is 0 Å². The maximum Gasteiger partial charge on any atom is 0.287 e. The molecule has 1 aliphatic rings. The van der Waals surface area contributed by atoms with E-state index in [0.717, 1.165) is 5.56 Å². The van der Waals surface area contributed by atoms with E-state index in [1.165, 1.54) is 12.1 Å². The van der Waals surface area contributed by atoms with Crippen molar-refractivity contribution in [1.82, 2.24) is 4.99 Å². The van der Waals surface area contributed by atoms with Gasteiger partial charge in [0.1, 0.15) is 5.82 Å². The van der Waals surface area contributed by atoms with Crippen molar-refractivity contribution in [2.75, 3.05) is 0 Å². The Kier molecular flexibility index (Phi) is 1.32. The van der Waals surface area contributed by atoms with Gasteiger partial charge in [-0.2, -0.15) is 0 Å². The lowest BCUT2D eigenvalue weighted by atomic mass is 10.1. The van der Waals surface area contributed by atoms with Crippen molar-refractivity contribution in [2.24, 2.45) is 0 Å². The molecule has 0 atom stereocenters. The molecule has 11 heavy (non-hydrogen) atoms. The Bertz CT molecular complexity index is 339. The molecule has 0 N–H and O–H groups in total. The minimum Gasteiger partial charge on any atom is -0.207 e. The molecule has 0 saturated carbocycles. The highest BCUT2D eigenvalue weighted by atomic mass is 19.1. The van der Waals surface area contributed by atoms with E-state index in [1.807, 2.05) is 12.2 Å².